The van der Waals surface area contributed by atoms with Gasteiger partial charge in [0.2, 0.25) is 0 Å². The van der Waals surface area contributed by atoms with Gasteiger partial charge in [0.1, 0.15) is 0 Å². The lowest BCUT2D eigenvalue weighted by atomic mass is 10.1. The van der Waals surface area contributed by atoms with Crippen LogP contribution < -0.4 is 20.4 Å². The molecule has 2 aromatic carbocycles. The van der Waals surface area contributed by atoms with Crippen molar-refractivity contribution in [3.05, 3.63) is 58.1 Å². The maximum Gasteiger partial charge on any atom is 0.319 e. The molecule has 1 fully saturated rings. The predicted octanol–water partition coefficient (Wildman–Crippen LogP) is 2.98. The van der Waals surface area contributed by atoms with Crippen LogP contribution in [0.25, 0.3) is 0 Å². The highest BCUT2D eigenvalue weighted by molar-refractivity contribution is 9.10. The molecule has 1 saturated heterocycles. The molecule has 0 bridgehead atoms. The molecule has 0 radical (unpaired) electrons. The highest BCUT2D eigenvalue weighted by atomic mass is 79.9. The lowest BCUT2D eigenvalue weighted by molar-refractivity contribution is -0.900. The lowest BCUT2D eigenvalue weighted by Gasteiger charge is -2.33. The SMILES string of the molecule is Cc1ccc(C)c(NC(=O)NCCC[NH+]2CCN(c3ccc(Br)cc3)CC2)c1. The van der Waals surface area contributed by atoms with E-state index < -0.39 is 0 Å². The average molecular weight is 446 g/mol. The van der Waals surface area contributed by atoms with Crippen LogP contribution in [-0.4, -0.2) is 45.3 Å². The zero-order chi connectivity index (χ0) is 19.9. The molecule has 28 heavy (non-hydrogen) atoms. The van der Waals surface area contributed by atoms with E-state index in [1.165, 1.54) is 5.69 Å². The van der Waals surface area contributed by atoms with Crippen LogP contribution in [0.15, 0.2) is 46.9 Å². The fourth-order valence-electron chi connectivity index (χ4n) is 3.56. The normalized spacial score (nSPS) is 14.8. The fraction of sp³-hybridized carbons (Fsp3) is 0.409. The van der Waals surface area contributed by atoms with Crippen molar-refractivity contribution in [1.29, 1.82) is 0 Å². The molecule has 6 heteroatoms. The van der Waals surface area contributed by atoms with Gasteiger partial charge >= 0.3 is 6.03 Å². The standard InChI is InChI=1S/C22H29BrN4O/c1-17-4-5-18(2)21(16-17)25-22(28)24-10-3-11-26-12-14-27(15-13-26)20-8-6-19(23)7-9-20/h4-9,16H,3,10-15H2,1-2H3,(H2,24,25,28)/p+1. The van der Waals surface area contributed by atoms with Gasteiger partial charge in [-0.2, -0.15) is 0 Å². The smallest absolute Gasteiger partial charge is 0.319 e. The number of piperazine rings is 1. The monoisotopic (exact) mass is 445 g/mol. The van der Waals surface area contributed by atoms with Crippen LogP contribution in [0, 0.1) is 13.8 Å². The zero-order valence-electron chi connectivity index (χ0n) is 16.7. The van der Waals surface area contributed by atoms with Crippen LogP contribution in [0.4, 0.5) is 16.2 Å². The Morgan fingerprint density at radius 2 is 1.82 bits per heavy atom. The number of halogens is 1. The minimum Gasteiger partial charge on any atom is -0.360 e. The molecule has 0 saturated carbocycles. The number of aryl methyl sites for hydroxylation is 2. The van der Waals surface area contributed by atoms with E-state index in [4.69, 9.17) is 0 Å². The molecule has 3 N–H and O–H groups in total. The zero-order valence-corrected chi connectivity index (χ0v) is 18.3. The second-order valence-corrected chi connectivity index (χ2v) is 8.43. The number of quaternary nitrogens is 1. The Balaban J connectivity index is 1.33. The van der Waals surface area contributed by atoms with E-state index in [9.17, 15) is 4.79 Å². The largest absolute Gasteiger partial charge is 0.360 e. The molecule has 2 amide bonds. The van der Waals surface area contributed by atoms with E-state index >= 15 is 0 Å². The first-order valence-electron chi connectivity index (χ1n) is 9.97. The van der Waals surface area contributed by atoms with Gasteiger partial charge in [0.05, 0.1) is 32.7 Å². The van der Waals surface area contributed by atoms with Crippen LogP contribution in [0.1, 0.15) is 17.5 Å². The summed E-state index contributed by atoms with van der Waals surface area (Å²) in [6, 6.07) is 14.5. The maximum absolute atomic E-state index is 12.1. The first-order chi connectivity index (χ1) is 13.5. The van der Waals surface area contributed by atoms with Crippen molar-refractivity contribution in [3.63, 3.8) is 0 Å². The van der Waals surface area contributed by atoms with Gasteiger partial charge in [-0.15, -0.1) is 0 Å². The second-order valence-electron chi connectivity index (χ2n) is 7.52. The molecule has 5 nitrogen and oxygen atoms in total. The number of carbonyl (C=O) groups excluding carboxylic acids is 1. The van der Waals surface area contributed by atoms with Crippen molar-refractivity contribution in [1.82, 2.24) is 5.32 Å². The highest BCUT2D eigenvalue weighted by Gasteiger charge is 2.19. The second kappa shape index (κ2) is 9.94. The summed E-state index contributed by atoms with van der Waals surface area (Å²) in [6.07, 6.45) is 0.994. The third-order valence-electron chi connectivity index (χ3n) is 5.30. The number of nitrogens with zero attached hydrogens (tertiary/aromatic N) is 1. The summed E-state index contributed by atoms with van der Waals surface area (Å²) in [5.74, 6) is 0. The number of nitrogens with one attached hydrogen (secondary N) is 3. The third-order valence-corrected chi connectivity index (χ3v) is 5.82. The van der Waals surface area contributed by atoms with Crippen molar-refractivity contribution < 1.29 is 9.69 Å². The summed E-state index contributed by atoms with van der Waals surface area (Å²) >= 11 is 3.49. The predicted molar refractivity (Wildman–Crippen MR) is 119 cm³/mol. The molecule has 3 rings (SSSR count). The molecule has 0 aliphatic carbocycles. The van der Waals surface area contributed by atoms with Crippen molar-refractivity contribution >= 4 is 33.3 Å². The number of hydrogen-bond donors (Lipinski definition) is 3. The molecule has 2 aromatic rings. The molecular formula is C22H30BrN4O+. The van der Waals surface area contributed by atoms with Crippen LogP contribution in [0.3, 0.4) is 0 Å². The lowest BCUT2D eigenvalue weighted by Crippen LogP contribution is -3.15. The summed E-state index contributed by atoms with van der Waals surface area (Å²) in [5.41, 5.74) is 4.40. The van der Waals surface area contributed by atoms with Crippen LogP contribution in [0.5, 0.6) is 0 Å². The number of benzene rings is 2. The van der Waals surface area contributed by atoms with Gasteiger partial charge in [-0.3, -0.25) is 0 Å². The number of amides is 2. The van der Waals surface area contributed by atoms with Gasteiger partial charge in [-0.05, 0) is 55.3 Å². The van der Waals surface area contributed by atoms with Crippen LogP contribution in [0.2, 0.25) is 0 Å². The maximum atomic E-state index is 12.1. The summed E-state index contributed by atoms with van der Waals surface area (Å²) in [5, 5.41) is 5.93. The van der Waals surface area contributed by atoms with Gasteiger partial charge in [0.15, 0.2) is 0 Å². The number of carbonyl (C=O) groups is 1. The van der Waals surface area contributed by atoms with Gasteiger partial charge in [-0.1, -0.05) is 28.1 Å². The Morgan fingerprint density at radius 3 is 2.54 bits per heavy atom. The number of rotatable bonds is 6. The molecule has 0 unspecified atom stereocenters. The van der Waals surface area contributed by atoms with Crippen LogP contribution >= 0.6 is 15.9 Å². The Kier molecular flexibility index (Phi) is 7.34. The molecule has 0 atom stereocenters. The fourth-order valence-corrected chi connectivity index (χ4v) is 3.82. The van der Waals surface area contributed by atoms with E-state index in [0.29, 0.717) is 6.54 Å². The molecule has 150 valence electrons. The third kappa shape index (κ3) is 5.97. The van der Waals surface area contributed by atoms with E-state index in [0.717, 1.165) is 60.4 Å². The Hall–Kier alpha value is -2.05. The summed E-state index contributed by atoms with van der Waals surface area (Å²) < 4.78 is 1.12. The molecule has 1 aliphatic rings. The minimum atomic E-state index is -0.122. The topological polar surface area (TPSA) is 48.8 Å². The average Bonchev–Trinajstić information content (AvgIpc) is 2.69. The summed E-state index contributed by atoms with van der Waals surface area (Å²) in [7, 11) is 0. The summed E-state index contributed by atoms with van der Waals surface area (Å²) in [4.78, 5) is 16.2. The van der Waals surface area contributed by atoms with E-state index in [2.05, 4.69) is 61.8 Å². The molecule has 1 heterocycles. The van der Waals surface area contributed by atoms with Crippen molar-refractivity contribution in [2.45, 2.75) is 20.3 Å². The Labute approximate surface area is 176 Å². The molecule has 0 spiro atoms. The van der Waals surface area contributed by atoms with Crippen LogP contribution in [-0.2, 0) is 0 Å². The van der Waals surface area contributed by atoms with Crippen molar-refractivity contribution in [2.75, 3.05) is 49.5 Å². The quantitative estimate of drug-likeness (QED) is 0.598. The van der Waals surface area contributed by atoms with Gasteiger partial charge in [0, 0.05) is 28.8 Å². The van der Waals surface area contributed by atoms with Gasteiger partial charge in [0.25, 0.3) is 0 Å². The number of anilines is 2. The van der Waals surface area contributed by atoms with Gasteiger partial charge in [-0.25, -0.2) is 4.79 Å². The highest BCUT2D eigenvalue weighted by Crippen LogP contribution is 2.18. The molecule has 1 aliphatic heterocycles. The molecular weight excluding hydrogens is 416 g/mol. The van der Waals surface area contributed by atoms with Gasteiger partial charge < -0.3 is 20.4 Å². The first kappa shape index (κ1) is 20.7. The van der Waals surface area contributed by atoms with Crippen molar-refractivity contribution in [2.24, 2.45) is 0 Å². The van der Waals surface area contributed by atoms with Crippen molar-refractivity contribution in [3.8, 4) is 0 Å². The molecule has 0 aromatic heterocycles. The van der Waals surface area contributed by atoms with E-state index in [-0.39, 0.29) is 6.03 Å². The number of hydrogen-bond acceptors (Lipinski definition) is 2. The number of urea groups is 1. The van der Waals surface area contributed by atoms with E-state index in [1.54, 1.807) is 4.90 Å². The Bertz CT molecular complexity index is 786. The minimum absolute atomic E-state index is 0.122. The first-order valence-corrected chi connectivity index (χ1v) is 10.8. The van der Waals surface area contributed by atoms with E-state index in [1.807, 2.05) is 26.0 Å². The Morgan fingerprint density at radius 1 is 1.11 bits per heavy atom. The summed E-state index contributed by atoms with van der Waals surface area (Å²) in [6.45, 7) is 10.3.